The van der Waals surface area contributed by atoms with Crippen LogP contribution in [0.2, 0.25) is 10.0 Å². The minimum absolute atomic E-state index is 0.259. The van der Waals surface area contributed by atoms with Crippen LogP contribution in [0.1, 0.15) is 22.5 Å². The summed E-state index contributed by atoms with van der Waals surface area (Å²) >= 11 is 12.0. The van der Waals surface area contributed by atoms with Crippen molar-refractivity contribution in [1.82, 2.24) is 9.55 Å². The zero-order valence-electron chi connectivity index (χ0n) is 19.8. The quantitative estimate of drug-likeness (QED) is 0.224. The van der Waals surface area contributed by atoms with E-state index in [0.29, 0.717) is 44.8 Å². The fourth-order valence-corrected chi connectivity index (χ4v) is 4.28. The Labute approximate surface area is 223 Å². The van der Waals surface area contributed by atoms with Gasteiger partial charge in [0.05, 0.1) is 26.6 Å². The van der Waals surface area contributed by atoms with Crippen LogP contribution in [-0.2, 0) is 6.61 Å². The number of aryl methyl sites for hydroxylation is 1. The number of rotatable bonds is 6. The normalized spacial score (nSPS) is 11.4. The van der Waals surface area contributed by atoms with E-state index >= 15 is 0 Å². The Morgan fingerprint density at radius 3 is 2.49 bits per heavy atom. The van der Waals surface area contributed by atoms with Crippen LogP contribution in [0.5, 0.6) is 5.75 Å². The lowest BCUT2D eigenvalue weighted by Gasteiger charge is -2.14. The molecule has 0 aliphatic carbocycles. The zero-order chi connectivity index (χ0) is 25.9. The lowest BCUT2D eigenvalue weighted by Crippen LogP contribution is -2.23. The summed E-state index contributed by atoms with van der Waals surface area (Å²) in [6, 6.07) is 24.4. The first-order chi connectivity index (χ1) is 17.9. The number of hydrogen-bond acceptors (Lipinski definition) is 3. The second kappa shape index (κ2) is 10.6. The lowest BCUT2D eigenvalue weighted by atomic mass is 10.1. The van der Waals surface area contributed by atoms with Crippen molar-refractivity contribution in [2.75, 3.05) is 0 Å². The largest absolute Gasteiger partial charge is 0.489 e. The molecule has 1 aromatic heterocycles. The molecule has 1 heterocycles. The van der Waals surface area contributed by atoms with Crippen LogP contribution in [0.4, 0.5) is 4.39 Å². The molecule has 0 aliphatic heterocycles. The van der Waals surface area contributed by atoms with Gasteiger partial charge in [-0.15, -0.1) is 0 Å². The highest BCUT2D eigenvalue weighted by molar-refractivity contribution is 6.42. The number of aromatic nitrogens is 2. The fourth-order valence-electron chi connectivity index (χ4n) is 3.96. The predicted octanol–water partition coefficient (Wildman–Crippen LogP) is 7.89. The summed E-state index contributed by atoms with van der Waals surface area (Å²) in [5.74, 6) is 0.670. The van der Waals surface area contributed by atoms with E-state index in [1.165, 1.54) is 16.7 Å². The van der Waals surface area contributed by atoms with Gasteiger partial charge in [-0.3, -0.25) is 9.36 Å². The van der Waals surface area contributed by atoms with Gasteiger partial charge in [0.25, 0.3) is 5.56 Å². The summed E-state index contributed by atoms with van der Waals surface area (Å²) in [4.78, 5) is 18.1. The summed E-state index contributed by atoms with van der Waals surface area (Å²) in [5, 5.41) is 1.45. The van der Waals surface area contributed by atoms with E-state index < -0.39 is 5.82 Å². The molecule has 5 rings (SSSR count). The molecule has 4 nitrogen and oxygen atoms in total. The average Bonchev–Trinajstić information content (AvgIpc) is 2.90. The highest BCUT2D eigenvalue weighted by atomic mass is 35.5. The molecule has 0 radical (unpaired) electrons. The Morgan fingerprint density at radius 2 is 1.70 bits per heavy atom. The molecule has 37 heavy (non-hydrogen) atoms. The van der Waals surface area contributed by atoms with Gasteiger partial charge < -0.3 is 4.74 Å². The topological polar surface area (TPSA) is 44.1 Å². The molecule has 0 aliphatic rings. The van der Waals surface area contributed by atoms with Crippen LogP contribution < -0.4 is 10.3 Å². The van der Waals surface area contributed by atoms with Crippen molar-refractivity contribution in [2.45, 2.75) is 13.5 Å². The van der Waals surface area contributed by atoms with Crippen molar-refractivity contribution in [3.8, 4) is 11.4 Å². The highest BCUT2D eigenvalue weighted by Crippen LogP contribution is 2.24. The number of nitrogens with zero attached hydrogens (tertiary/aromatic N) is 2. The Balaban J connectivity index is 1.44. The third kappa shape index (κ3) is 5.43. The monoisotopic (exact) mass is 530 g/mol. The standard InChI is InChI=1S/C30H21Cl2FN2O2/c1-19-6-11-22(33)17-28(19)35-29(34-27-5-3-2-4-24(27)30(35)36)15-10-20-7-12-23(13-8-20)37-18-21-9-14-25(31)26(32)16-21/h2-17H,18H2,1H3/b15-10+. The third-order valence-electron chi connectivity index (χ3n) is 5.91. The van der Waals surface area contributed by atoms with E-state index in [9.17, 15) is 9.18 Å². The van der Waals surface area contributed by atoms with E-state index in [1.807, 2.05) is 49.4 Å². The van der Waals surface area contributed by atoms with Crippen molar-refractivity contribution < 1.29 is 9.13 Å². The number of fused-ring (bicyclic) bond motifs is 1. The van der Waals surface area contributed by atoms with Gasteiger partial charge in [-0.1, -0.05) is 65.7 Å². The molecule has 0 fully saturated rings. The first-order valence-corrected chi connectivity index (χ1v) is 12.3. The van der Waals surface area contributed by atoms with Gasteiger partial charge in [-0.2, -0.15) is 0 Å². The lowest BCUT2D eigenvalue weighted by molar-refractivity contribution is 0.306. The summed E-state index contributed by atoms with van der Waals surface area (Å²) < 4.78 is 21.4. The number of para-hydroxylation sites is 1. The Hall–Kier alpha value is -3.93. The Kier molecular flexibility index (Phi) is 7.08. The molecular weight excluding hydrogens is 510 g/mol. The molecule has 0 amide bonds. The van der Waals surface area contributed by atoms with E-state index in [2.05, 4.69) is 0 Å². The average molecular weight is 531 g/mol. The first kappa shape index (κ1) is 24.8. The second-order valence-electron chi connectivity index (χ2n) is 8.50. The minimum Gasteiger partial charge on any atom is -0.489 e. The van der Waals surface area contributed by atoms with Crippen LogP contribution in [0.15, 0.2) is 89.7 Å². The maximum Gasteiger partial charge on any atom is 0.266 e. The summed E-state index contributed by atoms with van der Waals surface area (Å²) in [6.45, 7) is 2.19. The second-order valence-corrected chi connectivity index (χ2v) is 9.31. The molecule has 4 aromatic carbocycles. The van der Waals surface area contributed by atoms with Gasteiger partial charge in [-0.25, -0.2) is 9.37 Å². The molecule has 184 valence electrons. The Bertz CT molecular complexity index is 1700. The summed E-state index contributed by atoms with van der Waals surface area (Å²) in [7, 11) is 0. The maximum absolute atomic E-state index is 14.1. The smallest absolute Gasteiger partial charge is 0.266 e. The predicted molar refractivity (Wildman–Crippen MR) is 148 cm³/mol. The van der Waals surface area contributed by atoms with E-state index in [1.54, 1.807) is 42.5 Å². The van der Waals surface area contributed by atoms with Crippen LogP contribution in [0.3, 0.4) is 0 Å². The van der Waals surface area contributed by atoms with Crippen molar-refractivity contribution in [3.05, 3.63) is 134 Å². The molecule has 0 saturated heterocycles. The molecule has 0 saturated carbocycles. The van der Waals surface area contributed by atoms with Crippen LogP contribution in [0, 0.1) is 12.7 Å². The van der Waals surface area contributed by atoms with Gasteiger partial charge in [0.2, 0.25) is 0 Å². The Morgan fingerprint density at radius 1 is 0.919 bits per heavy atom. The number of ether oxygens (including phenoxy) is 1. The zero-order valence-corrected chi connectivity index (χ0v) is 21.3. The van der Waals surface area contributed by atoms with E-state index in [0.717, 1.165) is 16.7 Å². The van der Waals surface area contributed by atoms with Crippen molar-refractivity contribution in [1.29, 1.82) is 0 Å². The van der Waals surface area contributed by atoms with Crippen molar-refractivity contribution >= 4 is 46.3 Å². The summed E-state index contributed by atoms with van der Waals surface area (Å²) in [5.41, 5.74) is 3.32. The molecule has 7 heteroatoms. The van der Waals surface area contributed by atoms with E-state index in [-0.39, 0.29) is 5.56 Å². The molecule has 0 N–H and O–H groups in total. The third-order valence-corrected chi connectivity index (χ3v) is 6.65. The molecule has 0 atom stereocenters. The molecule has 0 unspecified atom stereocenters. The van der Waals surface area contributed by atoms with Gasteiger partial charge in [0.1, 0.15) is 24.0 Å². The van der Waals surface area contributed by atoms with E-state index in [4.69, 9.17) is 32.9 Å². The summed E-state index contributed by atoms with van der Waals surface area (Å²) in [6.07, 6.45) is 3.61. The van der Waals surface area contributed by atoms with Crippen molar-refractivity contribution in [2.24, 2.45) is 0 Å². The molecule has 5 aromatic rings. The van der Waals surface area contributed by atoms with Crippen LogP contribution in [-0.4, -0.2) is 9.55 Å². The number of hydrogen-bond donors (Lipinski definition) is 0. The maximum atomic E-state index is 14.1. The minimum atomic E-state index is -0.424. The van der Waals surface area contributed by atoms with Gasteiger partial charge in [0, 0.05) is 0 Å². The van der Waals surface area contributed by atoms with Crippen LogP contribution in [0.25, 0.3) is 28.7 Å². The fraction of sp³-hybridized carbons (Fsp3) is 0.0667. The molecule has 0 spiro atoms. The highest BCUT2D eigenvalue weighted by Gasteiger charge is 2.13. The van der Waals surface area contributed by atoms with Crippen molar-refractivity contribution in [3.63, 3.8) is 0 Å². The van der Waals surface area contributed by atoms with Gasteiger partial charge in [-0.05, 0) is 78.2 Å². The molecule has 0 bridgehead atoms. The van der Waals surface area contributed by atoms with Gasteiger partial charge >= 0.3 is 0 Å². The number of halogens is 3. The van der Waals surface area contributed by atoms with Crippen LogP contribution >= 0.6 is 23.2 Å². The van der Waals surface area contributed by atoms with Gasteiger partial charge in [0.15, 0.2) is 0 Å². The first-order valence-electron chi connectivity index (χ1n) is 11.5. The molecular formula is C30H21Cl2FN2O2. The number of benzene rings is 4. The SMILES string of the molecule is Cc1ccc(F)cc1-n1c(/C=C/c2ccc(OCc3ccc(Cl)c(Cl)c3)cc2)nc2ccccc2c1=O.